The number of hydrogen-bond acceptors (Lipinski definition) is 9. The Labute approximate surface area is 287 Å². The molecule has 0 saturated carbocycles. The number of benzene rings is 3. The Hall–Kier alpha value is -5.77. The third kappa shape index (κ3) is 7.70. The lowest BCUT2D eigenvalue weighted by atomic mass is 10.1. The van der Waals surface area contributed by atoms with E-state index in [-0.39, 0.29) is 22.9 Å². The fraction of sp³-hybridized carbons (Fsp3) is 0.286. The first-order chi connectivity index (χ1) is 24.4. The topological polar surface area (TPSA) is 130 Å². The summed E-state index contributed by atoms with van der Waals surface area (Å²) in [5.41, 5.74) is -3.99. The predicted octanol–water partition coefficient (Wildman–Crippen LogP) is 5.56. The zero-order chi connectivity index (χ0) is 36.3. The number of nitrogens with one attached hydrogen (secondary N) is 1. The second kappa shape index (κ2) is 14.6. The van der Waals surface area contributed by atoms with Crippen molar-refractivity contribution < 1.29 is 36.6 Å². The quantitative estimate of drug-likeness (QED) is 0.139. The molecule has 1 N–H and O–H groups in total. The maximum absolute atomic E-state index is 15.3. The minimum atomic E-state index is -4.72. The summed E-state index contributed by atoms with van der Waals surface area (Å²) in [6.07, 6.45) is 0.0729. The largest absolute Gasteiger partial charge is 0.493 e. The second-order valence-corrected chi connectivity index (χ2v) is 11.7. The van der Waals surface area contributed by atoms with E-state index in [0.29, 0.717) is 44.3 Å². The minimum Gasteiger partial charge on any atom is -0.493 e. The molecule has 3 heterocycles. The molecule has 0 bridgehead atoms. The van der Waals surface area contributed by atoms with Crippen LogP contribution in [0.4, 0.5) is 23.2 Å². The summed E-state index contributed by atoms with van der Waals surface area (Å²) < 4.78 is 73.7. The van der Waals surface area contributed by atoms with E-state index in [0.717, 1.165) is 57.4 Å². The van der Waals surface area contributed by atoms with Gasteiger partial charge in [-0.25, -0.2) is 9.18 Å². The molecule has 0 radical (unpaired) electrons. The number of halogens is 4. The van der Waals surface area contributed by atoms with Crippen LogP contribution in [0.3, 0.4) is 0 Å². The third-order valence-electron chi connectivity index (χ3n) is 8.28. The van der Waals surface area contributed by atoms with Crippen LogP contribution in [0.15, 0.2) is 76.4 Å². The standard InChI is InChI=1S/C35H32F4N6O6/c1-43-33(47)31(42-45(34(43)48)23-8-5-7-21(17-23)35(37,38)39)32(46)41-22-9-10-28(25(36)18-22)51-27-11-12-40-26-20-30(29(49-2)19-24(26)27)50-16-6-15-44-13-3-4-14-44/h5,7-12,17-20H,3-4,6,13-16H2,1-2H3,(H,41,46). The van der Waals surface area contributed by atoms with Gasteiger partial charge in [0.05, 0.1) is 30.5 Å². The van der Waals surface area contributed by atoms with Crippen LogP contribution in [0.25, 0.3) is 16.6 Å². The Morgan fingerprint density at radius 1 is 0.961 bits per heavy atom. The number of ether oxygens (including phenoxy) is 3. The normalized spacial score (nSPS) is 13.4. The molecule has 1 fully saturated rings. The van der Waals surface area contributed by atoms with Crippen molar-refractivity contribution in [3.05, 3.63) is 105 Å². The number of alkyl halides is 3. The zero-order valence-electron chi connectivity index (χ0n) is 27.5. The Kier molecular flexibility index (Phi) is 10.0. The molecule has 0 atom stereocenters. The van der Waals surface area contributed by atoms with E-state index in [1.165, 1.54) is 38.3 Å². The number of fused-ring (bicyclic) bond motifs is 1. The Morgan fingerprint density at radius 2 is 1.75 bits per heavy atom. The van der Waals surface area contributed by atoms with E-state index in [4.69, 9.17) is 14.2 Å². The van der Waals surface area contributed by atoms with Gasteiger partial charge in [-0.2, -0.15) is 23.0 Å². The maximum atomic E-state index is 15.3. The lowest BCUT2D eigenvalue weighted by Gasteiger charge is -2.16. The van der Waals surface area contributed by atoms with Gasteiger partial charge >= 0.3 is 11.9 Å². The van der Waals surface area contributed by atoms with Crippen molar-refractivity contribution >= 4 is 22.5 Å². The zero-order valence-corrected chi connectivity index (χ0v) is 27.5. The van der Waals surface area contributed by atoms with Gasteiger partial charge in [-0.15, -0.1) is 0 Å². The van der Waals surface area contributed by atoms with E-state index in [9.17, 15) is 27.6 Å². The van der Waals surface area contributed by atoms with Gasteiger partial charge in [-0.3, -0.25) is 19.1 Å². The highest BCUT2D eigenvalue weighted by molar-refractivity contribution is 6.02. The molecule has 266 valence electrons. The summed E-state index contributed by atoms with van der Waals surface area (Å²) in [4.78, 5) is 45.4. The first kappa shape index (κ1) is 35.1. The third-order valence-corrected chi connectivity index (χ3v) is 8.28. The summed E-state index contributed by atoms with van der Waals surface area (Å²) >= 11 is 0. The Balaban J connectivity index is 1.19. The molecule has 1 amide bonds. The van der Waals surface area contributed by atoms with Gasteiger partial charge in [0.1, 0.15) is 5.75 Å². The molecular formula is C35H32F4N6O6. The predicted molar refractivity (Wildman–Crippen MR) is 179 cm³/mol. The van der Waals surface area contributed by atoms with Crippen molar-refractivity contribution in [2.45, 2.75) is 25.4 Å². The van der Waals surface area contributed by atoms with Gasteiger partial charge in [-0.05, 0) is 74.8 Å². The first-order valence-electron chi connectivity index (χ1n) is 15.9. The van der Waals surface area contributed by atoms with Crippen LogP contribution in [-0.4, -0.2) is 63.5 Å². The number of methoxy groups -OCH3 is 1. The van der Waals surface area contributed by atoms with Crippen LogP contribution < -0.4 is 30.8 Å². The molecule has 3 aromatic carbocycles. The van der Waals surface area contributed by atoms with Gasteiger partial charge < -0.3 is 24.4 Å². The van der Waals surface area contributed by atoms with Gasteiger partial charge in [0, 0.05) is 43.0 Å². The second-order valence-electron chi connectivity index (χ2n) is 11.7. The smallest absolute Gasteiger partial charge is 0.416 e. The number of amides is 1. The number of nitrogens with zero attached hydrogens (tertiary/aromatic N) is 5. The first-order valence-corrected chi connectivity index (χ1v) is 15.9. The molecule has 1 aliphatic heterocycles. The maximum Gasteiger partial charge on any atom is 0.416 e. The van der Waals surface area contributed by atoms with E-state index >= 15 is 4.39 Å². The van der Waals surface area contributed by atoms with Gasteiger partial charge in [0.2, 0.25) is 5.69 Å². The molecule has 1 saturated heterocycles. The van der Waals surface area contributed by atoms with Crippen LogP contribution in [0.5, 0.6) is 23.0 Å². The van der Waals surface area contributed by atoms with Gasteiger partial charge in [0.15, 0.2) is 23.1 Å². The van der Waals surface area contributed by atoms with E-state index in [1.54, 1.807) is 18.2 Å². The molecule has 1 aliphatic rings. The number of likely N-dealkylation sites (tertiary alicyclic amines) is 1. The highest BCUT2D eigenvalue weighted by Crippen LogP contribution is 2.38. The van der Waals surface area contributed by atoms with Crippen LogP contribution in [0.2, 0.25) is 0 Å². The number of hydrogen-bond donors (Lipinski definition) is 1. The minimum absolute atomic E-state index is 0.0988. The van der Waals surface area contributed by atoms with Crippen LogP contribution in [0.1, 0.15) is 35.3 Å². The average molecular weight is 709 g/mol. The average Bonchev–Trinajstić information content (AvgIpc) is 3.63. The molecule has 0 unspecified atom stereocenters. The summed E-state index contributed by atoms with van der Waals surface area (Å²) in [7, 11) is 2.55. The summed E-state index contributed by atoms with van der Waals surface area (Å²) in [5, 5.41) is 6.60. The number of anilines is 1. The molecule has 6 rings (SSSR count). The fourth-order valence-corrected chi connectivity index (χ4v) is 5.63. The van der Waals surface area contributed by atoms with Crippen molar-refractivity contribution in [3.8, 4) is 28.7 Å². The number of rotatable bonds is 11. The van der Waals surface area contributed by atoms with Gasteiger partial charge in [0.25, 0.3) is 11.5 Å². The Morgan fingerprint density at radius 3 is 2.47 bits per heavy atom. The molecule has 0 spiro atoms. The molecule has 2 aromatic heterocycles. The monoisotopic (exact) mass is 708 g/mol. The lowest BCUT2D eigenvalue weighted by Crippen LogP contribution is -2.43. The van der Waals surface area contributed by atoms with Crippen molar-refractivity contribution in [1.82, 2.24) is 24.2 Å². The van der Waals surface area contributed by atoms with E-state index in [1.807, 2.05) is 0 Å². The summed E-state index contributed by atoms with van der Waals surface area (Å²) in [6.45, 7) is 3.66. The van der Waals surface area contributed by atoms with Crippen molar-refractivity contribution in [2.24, 2.45) is 7.05 Å². The van der Waals surface area contributed by atoms with Crippen LogP contribution >= 0.6 is 0 Å². The van der Waals surface area contributed by atoms with Crippen LogP contribution in [0, 0.1) is 5.82 Å². The van der Waals surface area contributed by atoms with E-state index in [2.05, 4.69) is 20.3 Å². The molecular weight excluding hydrogens is 676 g/mol. The SMILES string of the molecule is COc1cc2c(Oc3ccc(NC(=O)c4nn(-c5cccc(C(F)(F)F)c5)c(=O)n(C)c4=O)cc3F)ccnc2cc1OCCCN1CCCC1. The molecule has 5 aromatic rings. The number of pyridine rings is 1. The van der Waals surface area contributed by atoms with Gasteiger partial charge in [-0.1, -0.05) is 6.07 Å². The highest BCUT2D eigenvalue weighted by atomic mass is 19.4. The van der Waals surface area contributed by atoms with Crippen molar-refractivity contribution in [2.75, 3.05) is 38.7 Å². The fourth-order valence-electron chi connectivity index (χ4n) is 5.63. The van der Waals surface area contributed by atoms with E-state index < -0.39 is 40.4 Å². The van der Waals surface area contributed by atoms with Crippen LogP contribution in [-0.2, 0) is 13.2 Å². The number of carbonyl (C=O) groups is 1. The van der Waals surface area contributed by atoms with Crippen molar-refractivity contribution in [1.29, 1.82) is 0 Å². The lowest BCUT2D eigenvalue weighted by molar-refractivity contribution is -0.137. The summed E-state index contributed by atoms with van der Waals surface area (Å²) in [5.74, 6) is -0.993. The number of aromatic nitrogens is 4. The molecule has 0 aliphatic carbocycles. The molecule has 16 heteroatoms. The molecule has 51 heavy (non-hydrogen) atoms. The number of carbonyl (C=O) groups excluding carboxylic acids is 1. The molecule has 12 nitrogen and oxygen atoms in total. The highest BCUT2D eigenvalue weighted by Gasteiger charge is 2.31. The Bertz CT molecular complexity index is 2210. The van der Waals surface area contributed by atoms with Crippen molar-refractivity contribution in [3.63, 3.8) is 0 Å². The summed E-state index contributed by atoms with van der Waals surface area (Å²) in [6, 6.07) is 12.1.